The number of ether oxygens (including phenoxy) is 4. The van der Waals surface area contributed by atoms with E-state index in [2.05, 4.69) is 12.1 Å². The summed E-state index contributed by atoms with van der Waals surface area (Å²) in [7, 11) is 0. The zero-order chi connectivity index (χ0) is 21.2. The average Bonchev–Trinajstić information content (AvgIpc) is 3.42. The van der Waals surface area contributed by atoms with Crippen LogP contribution in [-0.2, 0) is 21.7 Å². The minimum atomic E-state index is -0.819. The second-order valence-electron chi connectivity index (χ2n) is 8.50. The predicted molar refractivity (Wildman–Crippen MR) is 112 cm³/mol. The highest BCUT2D eigenvalue weighted by molar-refractivity contribution is 5.65. The summed E-state index contributed by atoms with van der Waals surface area (Å²) in [5.74, 6) is 1.83. The highest BCUT2D eigenvalue weighted by atomic mass is 16.6. The molecule has 3 unspecified atom stereocenters. The summed E-state index contributed by atoms with van der Waals surface area (Å²) in [5.41, 5.74) is 2.57. The van der Waals surface area contributed by atoms with Crippen molar-refractivity contribution in [3.63, 3.8) is 0 Å². The van der Waals surface area contributed by atoms with E-state index in [4.69, 9.17) is 18.9 Å². The van der Waals surface area contributed by atoms with Crippen LogP contribution in [0.3, 0.4) is 0 Å². The third-order valence-corrected chi connectivity index (χ3v) is 6.45. The fourth-order valence-corrected chi connectivity index (χ4v) is 4.47. The maximum atomic E-state index is 10.3. The standard InChI is InChI=1S/C25H22O6/c1-24(14-30-24)23(27)13-28-17-7-9-20-22(11-17)31-21-10-16(26)6-8-19(21)25(20)18-5-3-2-4-15(18)12-29-25/h2-11,23,26-27H,12-14H2,1H3. The van der Waals surface area contributed by atoms with Crippen molar-refractivity contribution < 1.29 is 29.2 Å². The van der Waals surface area contributed by atoms with Crippen molar-refractivity contribution in [2.45, 2.75) is 30.8 Å². The smallest absolute Gasteiger partial charge is 0.151 e. The zero-order valence-corrected chi connectivity index (χ0v) is 17.0. The first kappa shape index (κ1) is 18.7. The highest BCUT2D eigenvalue weighted by Gasteiger charge is 2.50. The van der Waals surface area contributed by atoms with Gasteiger partial charge in [-0.05, 0) is 42.3 Å². The van der Waals surface area contributed by atoms with Gasteiger partial charge in [-0.1, -0.05) is 24.3 Å². The molecule has 0 amide bonds. The number of hydrogen-bond donors (Lipinski definition) is 2. The minimum Gasteiger partial charge on any atom is -0.508 e. The Kier molecular flexibility index (Phi) is 3.90. The molecule has 31 heavy (non-hydrogen) atoms. The molecule has 158 valence electrons. The maximum Gasteiger partial charge on any atom is 0.151 e. The van der Waals surface area contributed by atoms with Crippen molar-refractivity contribution in [3.05, 3.63) is 82.9 Å². The van der Waals surface area contributed by atoms with Crippen LogP contribution in [0, 0.1) is 0 Å². The van der Waals surface area contributed by atoms with E-state index in [0.29, 0.717) is 30.5 Å². The molecule has 3 aliphatic rings. The lowest BCUT2D eigenvalue weighted by Crippen LogP contribution is -2.33. The predicted octanol–water partition coefficient (Wildman–Crippen LogP) is 3.85. The maximum absolute atomic E-state index is 10.3. The van der Waals surface area contributed by atoms with Gasteiger partial charge in [-0.2, -0.15) is 0 Å². The van der Waals surface area contributed by atoms with E-state index in [1.165, 1.54) is 0 Å². The Bertz CT molecular complexity index is 1180. The largest absolute Gasteiger partial charge is 0.508 e. The van der Waals surface area contributed by atoms with Crippen LogP contribution < -0.4 is 9.47 Å². The molecule has 0 aliphatic carbocycles. The molecular formula is C25H22O6. The first-order valence-electron chi connectivity index (χ1n) is 10.3. The van der Waals surface area contributed by atoms with Crippen molar-refractivity contribution in [2.75, 3.05) is 13.2 Å². The van der Waals surface area contributed by atoms with E-state index in [1.54, 1.807) is 18.2 Å². The quantitative estimate of drug-likeness (QED) is 0.627. The number of aliphatic hydroxyl groups is 1. The lowest BCUT2D eigenvalue weighted by molar-refractivity contribution is 0.0196. The van der Waals surface area contributed by atoms with Crippen LogP contribution in [0.2, 0.25) is 0 Å². The molecule has 6 heteroatoms. The molecule has 1 spiro atoms. The number of benzene rings is 3. The van der Waals surface area contributed by atoms with E-state index in [9.17, 15) is 10.2 Å². The van der Waals surface area contributed by atoms with E-state index < -0.39 is 17.3 Å². The van der Waals surface area contributed by atoms with Crippen molar-refractivity contribution in [1.82, 2.24) is 0 Å². The van der Waals surface area contributed by atoms with Gasteiger partial charge in [-0.15, -0.1) is 0 Å². The van der Waals surface area contributed by atoms with Crippen molar-refractivity contribution in [2.24, 2.45) is 0 Å². The van der Waals surface area contributed by atoms with Gasteiger partial charge in [0.1, 0.15) is 41.3 Å². The number of aromatic hydroxyl groups is 1. The van der Waals surface area contributed by atoms with E-state index in [1.807, 2.05) is 37.3 Å². The number of hydrogen-bond acceptors (Lipinski definition) is 6. The molecule has 3 aromatic rings. The van der Waals surface area contributed by atoms with Gasteiger partial charge < -0.3 is 29.2 Å². The van der Waals surface area contributed by atoms with Crippen molar-refractivity contribution in [3.8, 4) is 23.0 Å². The molecule has 3 aliphatic heterocycles. The Hall–Kier alpha value is -3.06. The molecule has 0 radical (unpaired) electrons. The van der Waals surface area contributed by atoms with Crippen LogP contribution in [0.1, 0.15) is 29.2 Å². The van der Waals surface area contributed by atoms with Crippen molar-refractivity contribution in [1.29, 1.82) is 0 Å². The number of epoxide rings is 1. The molecule has 1 fully saturated rings. The molecule has 3 aromatic carbocycles. The fraction of sp³-hybridized carbons (Fsp3) is 0.280. The summed E-state index contributed by atoms with van der Waals surface area (Å²) in [5, 5.41) is 20.3. The van der Waals surface area contributed by atoms with Crippen LogP contribution >= 0.6 is 0 Å². The number of rotatable bonds is 4. The Morgan fingerprint density at radius 3 is 2.52 bits per heavy atom. The lowest BCUT2D eigenvalue weighted by atomic mass is 9.77. The van der Waals surface area contributed by atoms with E-state index in [-0.39, 0.29) is 12.4 Å². The Morgan fingerprint density at radius 2 is 1.71 bits per heavy atom. The average molecular weight is 418 g/mol. The first-order chi connectivity index (χ1) is 15.0. The summed E-state index contributed by atoms with van der Waals surface area (Å²) in [6, 6.07) is 18.9. The number of aliphatic hydroxyl groups excluding tert-OH is 1. The molecule has 1 saturated heterocycles. The molecule has 6 nitrogen and oxygen atoms in total. The monoisotopic (exact) mass is 418 g/mol. The van der Waals surface area contributed by atoms with Gasteiger partial charge in [0.2, 0.25) is 0 Å². The molecule has 6 rings (SSSR count). The van der Waals surface area contributed by atoms with Gasteiger partial charge in [0.25, 0.3) is 0 Å². The summed E-state index contributed by atoms with van der Waals surface area (Å²) in [4.78, 5) is 0. The van der Waals surface area contributed by atoms with Crippen LogP contribution in [0.5, 0.6) is 23.0 Å². The minimum absolute atomic E-state index is 0.122. The van der Waals surface area contributed by atoms with E-state index >= 15 is 0 Å². The Morgan fingerprint density at radius 1 is 0.968 bits per heavy atom. The van der Waals surface area contributed by atoms with Crippen LogP contribution in [-0.4, -0.2) is 35.1 Å². The van der Waals surface area contributed by atoms with Crippen LogP contribution in [0.15, 0.2) is 60.7 Å². The second-order valence-corrected chi connectivity index (χ2v) is 8.50. The SMILES string of the molecule is CC1(C(O)COc2ccc3c(c2)Oc2cc(O)ccc2C32OCc3ccccc32)CO1. The third kappa shape index (κ3) is 2.76. The van der Waals surface area contributed by atoms with Gasteiger partial charge in [0, 0.05) is 23.3 Å². The van der Waals surface area contributed by atoms with Gasteiger partial charge in [0.15, 0.2) is 5.60 Å². The molecule has 0 saturated carbocycles. The third-order valence-electron chi connectivity index (χ3n) is 6.45. The van der Waals surface area contributed by atoms with E-state index in [0.717, 1.165) is 22.3 Å². The zero-order valence-electron chi connectivity index (χ0n) is 17.0. The van der Waals surface area contributed by atoms with Gasteiger partial charge in [-0.3, -0.25) is 0 Å². The topological polar surface area (TPSA) is 80.7 Å². The Labute approximate surface area is 179 Å². The Balaban J connectivity index is 1.43. The van der Waals surface area contributed by atoms with Gasteiger partial charge in [0.05, 0.1) is 13.2 Å². The summed E-state index contributed by atoms with van der Waals surface area (Å²) in [6.45, 7) is 3.00. The summed E-state index contributed by atoms with van der Waals surface area (Å²) in [6.07, 6.45) is -0.710. The van der Waals surface area contributed by atoms with Crippen LogP contribution in [0.25, 0.3) is 0 Å². The second kappa shape index (κ2) is 6.47. The number of phenols is 1. The van der Waals surface area contributed by atoms with Gasteiger partial charge >= 0.3 is 0 Å². The summed E-state index contributed by atoms with van der Waals surface area (Å²) >= 11 is 0. The van der Waals surface area contributed by atoms with Gasteiger partial charge in [-0.25, -0.2) is 0 Å². The molecular weight excluding hydrogens is 396 g/mol. The fourth-order valence-electron chi connectivity index (χ4n) is 4.47. The normalized spacial score (nSPS) is 25.9. The van der Waals surface area contributed by atoms with Crippen molar-refractivity contribution >= 4 is 0 Å². The first-order valence-corrected chi connectivity index (χ1v) is 10.3. The molecule has 0 bridgehead atoms. The van der Waals surface area contributed by atoms with Crippen LogP contribution in [0.4, 0.5) is 0 Å². The lowest BCUT2D eigenvalue weighted by Gasteiger charge is -2.37. The molecule has 3 atom stereocenters. The highest BCUT2D eigenvalue weighted by Crippen LogP contribution is 2.57. The molecule has 3 heterocycles. The molecule has 0 aromatic heterocycles. The molecule has 2 N–H and O–H groups in total. The summed E-state index contributed by atoms with van der Waals surface area (Å²) < 4.78 is 23.8. The number of fused-ring (bicyclic) bond motifs is 6. The number of phenolic OH excluding ortho intramolecular Hbond substituents is 1.